The molecule has 186 valence electrons. The number of hydrogen-bond acceptors (Lipinski definition) is 4. The van der Waals surface area contributed by atoms with E-state index in [-0.39, 0.29) is 5.91 Å². The van der Waals surface area contributed by atoms with Crippen LogP contribution >= 0.6 is 0 Å². The molecule has 2 aromatic carbocycles. The highest BCUT2D eigenvalue weighted by Gasteiger charge is 2.18. The van der Waals surface area contributed by atoms with E-state index < -0.39 is 0 Å². The number of amidine groups is 1. The minimum atomic E-state index is -0.0667. The first kappa shape index (κ1) is 27.6. The zero-order valence-corrected chi connectivity index (χ0v) is 21.4. The third kappa shape index (κ3) is 9.26. The van der Waals surface area contributed by atoms with Gasteiger partial charge in [-0.1, -0.05) is 50.3 Å². The molecule has 0 radical (unpaired) electrons. The van der Waals surface area contributed by atoms with Crippen LogP contribution < -0.4 is 16.4 Å². The molecule has 3 rings (SSSR count). The molecule has 0 aromatic heterocycles. The second-order valence-corrected chi connectivity index (χ2v) is 8.41. The number of nitrogens with zero attached hydrogens (tertiary/aromatic N) is 1. The predicted octanol–water partition coefficient (Wildman–Crippen LogP) is 6.10. The Hall–Kier alpha value is -3.64. The summed E-state index contributed by atoms with van der Waals surface area (Å²) < 4.78 is 5.13. The second kappa shape index (κ2) is 14.6. The molecule has 0 spiro atoms. The number of carbonyl (C=O) groups excluding carboxylic acids is 1. The van der Waals surface area contributed by atoms with E-state index >= 15 is 0 Å². The molecular formula is C29H38N4O2. The quantitative estimate of drug-likeness (QED) is 0.303. The molecule has 0 saturated heterocycles. The third-order valence-electron chi connectivity index (χ3n) is 5.08. The van der Waals surface area contributed by atoms with E-state index in [2.05, 4.69) is 56.0 Å². The van der Waals surface area contributed by atoms with Crippen LogP contribution in [0.25, 0.3) is 5.70 Å². The van der Waals surface area contributed by atoms with Gasteiger partial charge in [-0.25, -0.2) is 4.99 Å². The molecule has 1 aliphatic heterocycles. The van der Waals surface area contributed by atoms with Gasteiger partial charge in [0.25, 0.3) is 0 Å². The Morgan fingerprint density at radius 1 is 1.06 bits per heavy atom. The monoisotopic (exact) mass is 474 g/mol. The third-order valence-corrected chi connectivity index (χ3v) is 5.08. The summed E-state index contributed by atoms with van der Waals surface area (Å²) in [5.41, 5.74) is 12.3. The van der Waals surface area contributed by atoms with Crippen molar-refractivity contribution in [3.05, 3.63) is 89.7 Å². The van der Waals surface area contributed by atoms with E-state index in [4.69, 9.17) is 10.5 Å². The van der Waals surface area contributed by atoms with Gasteiger partial charge in [-0.2, -0.15) is 0 Å². The van der Waals surface area contributed by atoms with E-state index in [0.717, 1.165) is 60.0 Å². The topological polar surface area (TPSA) is 88.7 Å². The van der Waals surface area contributed by atoms with Crippen molar-refractivity contribution in [2.24, 2.45) is 4.99 Å². The number of nitrogen functional groups attached to an aromatic ring is 1. The molecule has 0 fully saturated rings. The number of rotatable bonds is 9. The lowest BCUT2D eigenvalue weighted by Gasteiger charge is -2.08. The van der Waals surface area contributed by atoms with E-state index in [9.17, 15) is 4.79 Å². The van der Waals surface area contributed by atoms with Crippen molar-refractivity contribution in [3.63, 3.8) is 0 Å². The molecule has 35 heavy (non-hydrogen) atoms. The fourth-order valence-corrected chi connectivity index (χ4v) is 3.32. The van der Waals surface area contributed by atoms with Gasteiger partial charge in [-0.05, 0) is 68.2 Å². The SMILES string of the molecule is C=CN=C1NC(c2ccc(NC(=O)Cc3ccc(N)cc3)cc2)=CC1=C(C)C.CCCOCCC. The number of aliphatic imine (C=N–C) groups is 1. The van der Waals surface area contributed by atoms with Crippen molar-refractivity contribution in [3.8, 4) is 0 Å². The molecular weight excluding hydrogens is 436 g/mol. The van der Waals surface area contributed by atoms with Crippen LogP contribution in [0, 0.1) is 0 Å². The molecule has 4 N–H and O–H groups in total. The molecule has 0 unspecified atom stereocenters. The van der Waals surface area contributed by atoms with Gasteiger partial charge in [0.15, 0.2) is 0 Å². The number of allylic oxidation sites excluding steroid dienone is 1. The summed E-state index contributed by atoms with van der Waals surface area (Å²) in [5, 5.41) is 6.24. The standard InChI is InChI=1S/C23H24N4O.C6H14O/c1-4-25-23-20(15(2)3)14-21(27-23)17-7-11-19(12-8-17)26-22(28)13-16-5-9-18(24)10-6-16;1-3-5-7-6-4-2/h4-12,14H,1,13,24H2,2-3H3,(H,25,27)(H,26,28);3-6H2,1-2H3. The number of carbonyl (C=O) groups is 1. The summed E-state index contributed by atoms with van der Waals surface area (Å²) in [6.45, 7) is 13.9. The van der Waals surface area contributed by atoms with Gasteiger partial charge in [-0.15, -0.1) is 0 Å². The molecule has 0 aliphatic carbocycles. The van der Waals surface area contributed by atoms with E-state index in [1.165, 1.54) is 11.8 Å². The predicted molar refractivity (Wildman–Crippen MR) is 148 cm³/mol. The van der Waals surface area contributed by atoms with Crippen molar-refractivity contribution < 1.29 is 9.53 Å². The van der Waals surface area contributed by atoms with Gasteiger partial charge in [0.2, 0.25) is 5.91 Å². The fraction of sp³-hybridized carbons (Fsp3) is 0.310. The number of benzene rings is 2. The fourth-order valence-electron chi connectivity index (χ4n) is 3.32. The van der Waals surface area contributed by atoms with Crippen LogP contribution in [0.1, 0.15) is 51.7 Å². The molecule has 0 saturated carbocycles. The summed E-state index contributed by atoms with van der Waals surface area (Å²) in [4.78, 5) is 16.5. The summed E-state index contributed by atoms with van der Waals surface area (Å²) in [5.74, 6) is 0.730. The maximum atomic E-state index is 12.2. The Morgan fingerprint density at radius 3 is 2.23 bits per heavy atom. The summed E-state index contributed by atoms with van der Waals surface area (Å²) in [6, 6.07) is 15.0. The molecule has 1 aliphatic rings. The van der Waals surface area contributed by atoms with Crippen LogP contribution in [0.15, 0.2) is 83.5 Å². The van der Waals surface area contributed by atoms with Gasteiger partial charge < -0.3 is 21.1 Å². The molecule has 1 heterocycles. The number of nitrogens with two attached hydrogens (primary N) is 1. The molecule has 6 nitrogen and oxygen atoms in total. The van der Waals surface area contributed by atoms with Crippen LogP contribution in [0.5, 0.6) is 0 Å². The van der Waals surface area contributed by atoms with Gasteiger partial charge in [0.05, 0.1) is 6.42 Å². The van der Waals surface area contributed by atoms with E-state index in [0.29, 0.717) is 12.1 Å². The molecule has 6 heteroatoms. The van der Waals surface area contributed by atoms with E-state index in [1.807, 2.05) is 36.4 Å². The molecule has 0 atom stereocenters. The summed E-state index contributed by atoms with van der Waals surface area (Å²) in [6.07, 6.45) is 6.19. The highest BCUT2D eigenvalue weighted by Crippen LogP contribution is 2.24. The Balaban J connectivity index is 0.000000540. The summed E-state index contributed by atoms with van der Waals surface area (Å²) in [7, 11) is 0. The zero-order chi connectivity index (χ0) is 25.6. The average Bonchev–Trinajstić information content (AvgIpc) is 3.26. The van der Waals surface area contributed by atoms with Crippen molar-refractivity contribution >= 4 is 28.8 Å². The number of nitrogens with one attached hydrogen (secondary N) is 2. The van der Waals surface area contributed by atoms with Crippen molar-refractivity contribution in [1.29, 1.82) is 0 Å². The Bertz CT molecular complexity index is 1060. The van der Waals surface area contributed by atoms with Gasteiger partial charge >= 0.3 is 0 Å². The maximum Gasteiger partial charge on any atom is 0.228 e. The lowest BCUT2D eigenvalue weighted by Crippen LogP contribution is -2.17. The van der Waals surface area contributed by atoms with Gasteiger partial charge in [0.1, 0.15) is 5.84 Å². The Kier molecular flexibility index (Phi) is 11.5. The van der Waals surface area contributed by atoms with Gasteiger partial charge in [0, 0.05) is 42.1 Å². The number of ether oxygens (including phenoxy) is 1. The summed E-state index contributed by atoms with van der Waals surface area (Å²) >= 11 is 0. The lowest BCUT2D eigenvalue weighted by molar-refractivity contribution is -0.115. The molecule has 2 aromatic rings. The lowest BCUT2D eigenvalue weighted by atomic mass is 10.1. The molecule has 1 amide bonds. The first-order chi connectivity index (χ1) is 16.9. The smallest absolute Gasteiger partial charge is 0.228 e. The second-order valence-electron chi connectivity index (χ2n) is 8.41. The Labute approximate surface area is 209 Å². The zero-order valence-electron chi connectivity index (χ0n) is 21.4. The highest BCUT2D eigenvalue weighted by molar-refractivity contribution is 6.11. The van der Waals surface area contributed by atoms with E-state index in [1.54, 1.807) is 12.1 Å². The van der Waals surface area contributed by atoms with Crippen LogP contribution in [0.4, 0.5) is 11.4 Å². The van der Waals surface area contributed by atoms with Gasteiger partial charge in [-0.3, -0.25) is 4.79 Å². The van der Waals surface area contributed by atoms with Crippen LogP contribution in [0.3, 0.4) is 0 Å². The minimum absolute atomic E-state index is 0.0667. The first-order valence-corrected chi connectivity index (χ1v) is 12.1. The number of hydrogen-bond donors (Lipinski definition) is 3. The molecule has 0 bridgehead atoms. The van der Waals surface area contributed by atoms with Crippen molar-refractivity contribution in [2.45, 2.75) is 47.0 Å². The van der Waals surface area contributed by atoms with Crippen LogP contribution in [-0.4, -0.2) is 25.0 Å². The number of anilines is 2. The highest BCUT2D eigenvalue weighted by atomic mass is 16.5. The van der Waals surface area contributed by atoms with Crippen molar-refractivity contribution in [2.75, 3.05) is 24.3 Å². The number of amides is 1. The average molecular weight is 475 g/mol. The maximum absolute atomic E-state index is 12.2. The van der Waals surface area contributed by atoms with Crippen molar-refractivity contribution in [1.82, 2.24) is 5.32 Å². The normalized spacial score (nSPS) is 13.4. The van der Waals surface area contributed by atoms with Crippen LogP contribution in [0.2, 0.25) is 0 Å². The van der Waals surface area contributed by atoms with Crippen LogP contribution in [-0.2, 0) is 16.0 Å². The first-order valence-electron chi connectivity index (χ1n) is 12.1. The largest absolute Gasteiger partial charge is 0.399 e. The Morgan fingerprint density at radius 2 is 1.69 bits per heavy atom. The minimum Gasteiger partial charge on any atom is -0.399 e.